The Kier molecular flexibility index (Phi) is 5.44. The van der Waals surface area contributed by atoms with Gasteiger partial charge in [0.25, 0.3) is 0 Å². The minimum Gasteiger partial charge on any atom is -0.477 e. The highest BCUT2D eigenvalue weighted by atomic mass is 19.1. The molecule has 3 rings (SSSR count). The van der Waals surface area contributed by atoms with Crippen molar-refractivity contribution in [3.05, 3.63) is 77.5 Å². The summed E-state index contributed by atoms with van der Waals surface area (Å²) in [6.45, 7) is 3.93. The van der Waals surface area contributed by atoms with Gasteiger partial charge in [-0.3, -0.25) is 4.98 Å². The molecule has 0 aromatic carbocycles. The smallest absolute Gasteiger partial charge is 0.354 e. The molecule has 0 amide bonds. The largest absolute Gasteiger partial charge is 0.477 e. The minimum absolute atomic E-state index is 0.0475. The molecule has 0 bridgehead atoms. The number of carboxylic acids is 1. The van der Waals surface area contributed by atoms with Crippen LogP contribution >= 0.6 is 0 Å². The van der Waals surface area contributed by atoms with Crippen molar-refractivity contribution >= 4 is 5.97 Å². The van der Waals surface area contributed by atoms with Crippen LogP contribution in [0.1, 0.15) is 48.6 Å². The molecular formula is C21H19F2N3O2. The Bertz CT molecular complexity index is 1020. The van der Waals surface area contributed by atoms with Crippen molar-refractivity contribution in [2.45, 2.75) is 32.1 Å². The van der Waals surface area contributed by atoms with Crippen LogP contribution in [0.5, 0.6) is 0 Å². The van der Waals surface area contributed by atoms with Crippen molar-refractivity contribution in [3.8, 4) is 11.3 Å². The van der Waals surface area contributed by atoms with E-state index < -0.39 is 23.3 Å². The maximum absolute atomic E-state index is 14.1. The van der Waals surface area contributed by atoms with E-state index in [1.165, 1.54) is 12.1 Å². The fourth-order valence-corrected chi connectivity index (χ4v) is 3.38. The third kappa shape index (κ3) is 3.47. The van der Waals surface area contributed by atoms with Crippen molar-refractivity contribution < 1.29 is 18.7 Å². The molecule has 1 N–H and O–H groups in total. The van der Waals surface area contributed by atoms with Gasteiger partial charge >= 0.3 is 5.97 Å². The van der Waals surface area contributed by atoms with E-state index in [-0.39, 0.29) is 11.3 Å². The zero-order valence-corrected chi connectivity index (χ0v) is 15.5. The molecule has 3 aromatic heterocycles. The topological polar surface area (TPSA) is 76.0 Å². The molecule has 0 fully saturated rings. The molecular weight excluding hydrogens is 364 g/mol. The van der Waals surface area contributed by atoms with Crippen LogP contribution in [-0.4, -0.2) is 26.0 Å². The second-order valence-corrected chi connectivity index (χ2v) is 6.38. The van der Waals surface area contributed by atoms with Gasteiger partial charge in [-0.1, -0.05) is 26.0 Å². The van der Waals surface area contributed by atoms with E-state index in [1.807, 2.05) is 13.8 Å². The number of nitrogens with zero attached hydrogens (tertiary/aromatic N) is 3. The van der Waals surface area contributed by atoms with Gasteiger partial charge in [-0.2, -0.15) is 13.8 Å². The molecule has 7 heteroatoms. The Morgan fingerprint density at radius 2 is 1.57 bits per heavy atom. The van der Waals surface area contributed by atoms with E-state index in [9.17, 15) is 18.7 Å². The summed E-state index contributed by atoms with van der Waals surface area (Å²) in [7, 11) is 0. The van der Waals surface area contributed by atoms with Crippen LogP contribution in [0.15, 0.2) is 48.5 Å². The summed E-state index contributed by atoms with van der Waals surface area (Å²) in [5.41, 5.74) is 0.938. The maximum Gasteiger partial charge on any atom is 0.354 e. The molecule has 5 nitrogen and oxygen atoms in total. The fraction of sp³-hybridized carbons (Fsp3) is 0.238. The SMILES string of the molecule is CCC(CC)(c1cccc(C(=O)O)n1)c1cccc(-c2ccc(F)nc2F)n1. The van der Waals surface area contributed by atoms with E-state index in [1.54, 1.807) is 30.3 Å². The van der Waals surface area contributed by atoms with Crippen LogP contribution in [0.2, 0.25) is 0 Å². The van der Waals surface area contributed by atoms with Crippen LogP contribution in [0, 0.1) is 11.9 Å². The molecule has 0 aliphatic heterocycles. The highest BCUT2D eigenvalue weighted by molar-refractivity contribution is 5.85. The second kappa shape index (κ2) is 7.80. The highest BCUT2D eigenvalue weighted by Gasteiger charge is 2.34. The van der Waals surface area contributed by atoms with Crippen molar-refractivity contribution in [1.29, 1.82) is 0 Å². The standard InChI is InChI=1S/C21H19F2N3O2/c1-3-21(4-2,17-10-6-8-15(25-17)20(27)28)16-9-5-7-14(24-16)13-11-12-18(22)26-19(13)23/h5-12H,3-4H2,1-2H3,(H,27,28). The van der Waals surface area contributed by atoms with Gasteiger partial charge < -0.3 is 5.11 Å². The predicted molar refractivity (Wildman–Crippen MR) is 99.9 cm³/mol. The van der Waals surface area contributed by atoms with Crippen molar-refractivity contribution in [2.24, 2.45) is 0 Å². The maximum atomic E-state index is 14.1. The van der Waals surface area contributed by atoms with Crippen LogP contribution in [-0.2, 0) is 5.41 Å². The van der Waals surface area contributed by atoms with Gasteiger partial charge in [0.2, 0.25) is 11.9 Å². The number of hydrogen-bond donors (Lipinski definition) is 1. The van der Waals surface area contributed by atoms with E-state index in [4.69, 9.17) is 0 Å². The van der Waals surface area contributed by atoms with Gasteiger partial charge in [-0.05, 0) is 49.2 Å². The van der Waals surface area contributed by atoms with Gasteiger partial charge in [0, 0.05) is 0 Å². The average molecular weight is 383 g/mol. The molecule has 0 unspecified atom stereocenters. The minimum atomic E-state index is -1.11. The van der Waals surface area contributed by atoms with E-state index in [2.05, 4.69) is 15.0 Å². The van der Waals surface area contributed by atoms with E-state index >= 15 is 0 Å². The number of rotatable bonds is 6. The summed E-state index contributed by atoms with van der Waals surface area (Å²) < 4.78 is 27.3. The lowest BCUT2D eigenvalue weighted by Gasteiger charge is -2.31. The number of carbonyl (C=O) groups is 1. The second-order valence-electron chi connectivity index (χ2n) is 6.38. The fourth-order valence-electron chi connectivity index (χ4n) is 3.38. The molecule has 144 valence electrons. The Labute approximate surface area is 161 Å². The van der Waals surface area contributed by atoms with E-state index in [0.29, 0.717) is 29.9 Å². The monoisotopic (exact) mass is 383 g/mol. The third-order valence-corrected chi connectivity index (χ3v) is 5.00. The van der Waals surface area contributed by atoms with Crippen molar-refractivity contribution in [2.75, 3.05) is 0 Å². The predicted octanol–water partition coefficient (Wildman–Crippen LogP) is 4.62. The van der Waals surface area contributed by atoms with Crippen molar-refractivity contribution in [3.63, 3.8) is 0 Å². The van der Waals surface area contributed by atoms with Crippen LogP contribution in [0.3, 0.4) is 0 Å². The van der Waals surface area contributed by atoms with Gasteiger partial charge in [0.1, 0.15) is 5.69 Å². The zero-order valence-electron chi connectivity index (χ0n) is 15.5. The Balaban J connectivity index is 2.15. The molecule has 3 heterocycles. The lowest BCUT2D eigenvalue weighted by Crippen LogP contribution is -2.29. The summed E-state index contributed by atoms with van der Waals surface area (Å²) in [6, 6.07) is 12.4. The number of halogens is 2. The van der Waals surface area contributed by atoms with Crippen LogP contribution in [0.4, 0.5) is 8.78 Å². The molecule has 0 radical (unpaired) electrons. The summed E-state index contributed by atoms with van der Waals surface area (Å²) in [5, 5.41) is 9.28. The summed E-state index contributed by atoms with van der Waals surface area (Å²) in [5.74, 6) is -2.94. The van der Waals surface area contributed by atoms with Crippen LogP contribution in [0.25, 0.3) is 11.3 Å². The van der Waals surface area contributed by atoms with Gasteiger partial charge in [-0.15, -0.1) is 0 Å². The molecule has 0 spiro atoms. The quantitative estimate of drug-likeness (QED) is 0.629. The number of hydrogen-bond acceptors (Lipinski definition) is 4. The Morgan fingerprint density at radius 3 is 2.18 bits per heavy atom. The molecule has 0 saturated heterocycles. The summed E-state index contributed by atoms with van der Waals surface area (Å²) in [6.07, 6.45) is 1.22. The van der Waals surface area contributed by atoms with E-state index in [0.717, 1.165) is 6.07 Å². The third-order valence-electron chi connectivity index (χ3n) is 5.00. The van der Waals surface area contributed by atoms with Gasteiger partial charge in [0.15, 0.2) is 0 Å². The zero-order chi connectivity index (χ0) is 20.3. The van der Waals surface area contributed by atoms with Gasteiger partial charge in [-0.25, -0.2) is 9.78 Å². The Morgan fingerprint density at radius 1 is 0.929 bits per heavy atom. The number of pyridine rings is 3. The first-order valence-corrected chi connectivity index (χ1v) is 8.92. The lowest BCUT2D eigenvalue weighted by molar-refractivity contribution is 0.0690. The first kappa shape index (κ1) is 19.5. The number of carboxylic acid groups (broad SMARTS) is 1. The number of aromatic carboxylic acids is 1. The lowest BCUT2D eigenvalue weighted by atomic mass is 9.75. The molecule has 3 aromatic rings. The first-order valence-electron chi connectivity index (χ1n) is 8.92. The summed E-state index contributed by atoms with van der Waals surface area (Å²) in [4.78, 5) is 23.5. The number of aromatic nitrogens is 3. The molecule has 0 aliphatic rings. The normalized spacial score (nSPS) is 11.4. The Hall–Kier alpha value is -3.22. The average Bonchev–Trinajstić information content (AvgIpc) is 2.70. The first-order chi connectivity index (χ1) is 13.4. The summed E-state index contributed by atoms with van der Waals surface area (Å²) >= 11 is 0. The van der Waals surface area contributed by atoms with Gasteiger partial charge in [0.05, 0.1) is 28.1 Å². The highest BCUT2D eigenvalue weighted by Crippen LogP contribution is 2.37. The van der Waals surface area contributed by atoms with Crippen LogP contribution < -0.4 is 0 Å². The molecule has 28 heavy (non-hydrogen) atoms. The molecule has 0 atom stereocenters. The van der Waals surface area contributed by atoms with Crippen molar-refractivity contribution in [1.82, 2.24) is 15.0 Å². The molecule has 0 saturated carbocycles. The molecule has 0 aliphatic carbocycles.